The molecule has 1 nitrogen and oxygen atoms in total. The van der Waals surface area contributed by atoms with Gasteiger partial charge in [-0.2, -0.15) is 0 Å². The summed E-state index contributed by atoms with van der Waals surface area (Å²) < 4.78 is 1.93. The van der Waals surface area contributed by atoms with Crippen LogP contribution in [0.25, 0.3) is 0 Å². The molecule has 0 fully saturated rings. The van der Waals surface area contributed by atoms with E-state index < -0.39 is 0 Å². The summed E-state index contributed by atoms with van der Waals surface area (Å²) in [5.74, 6) is 0.0857. The zero-order chi connectivity index (χ0) is 12.6. The second kappa shape index (κ2) is 5.04. The number of carbonyl (C=O) groups excluding carboxylic acids is 1. The Balaban J connectivity index is 2.47. The summed E-state index contributed by atoms with van der Waals surface area (Å²) in [6, 6.07) is 7.66. The maximum absolute atomic E-state index is 12.4. The lowest BCUT2D eigenvalue weighted by Gasteiger charge is -2.03. The number of rotatable bonds is 2. The second-order valence-corrected chi connectivity index (χ2v) is 6.83. The Bertz CT molecular complexity index is 568. The number of thiophene rings is 1. The number of ketones is 1. The van der Waals surface area contributed by atoms with Crippen molar-refractivity contribution in [3.05, 3.63) is 54.1 Å². The van der Waals surface area contributed by atoms with E-state index in [1.807, 2.05) is 38.1 Å². The first-order valence-electron chi connectivity index (χ1n) is 5.06. The predicted octanol–water partition coefficient (Wildman–Crippen LogP) is 5.12. The van der Waals surface area contributed by atoms with Crippen LogP contribution in [0, 0.1) is 13.8 Å². The van der Waals surface area contributed by atoms with E-state index in [4.69, 9.17) is 0 Å². The lowest BCUT2D eigenvalue weighted by atomic mass is 10.0. The molecule has 0 aliphatic rings. The first-order valence-corrected chi connectivity index (χ1v) is 7.46. The number of halogens is 2. The molecule has 0 amide bonds. The molecule has 1 aromatic heterocycles. The number of carbonyl (C=O) groups is 1. The van der Waals surface area contributed by atoms with Gasteiger partial charge in [0, 0.05) is 19.4 Å². The van der Waals surface area contributed by atoms with Gasteiger partial charge in [0.25, 0.3) is 0 Å². The smallest absolute Gasteiger partial charge is 0.203 e. The largest absolute Gasteiger partial charge is 0.288 e. The summed E-state index contributed by atoms with van der Waals surface area (Å²) in [5.41, 5.74) is 1.76. The summed E-state index contributed by atoms with van der Waals surface area (Å²) in [6.45, 7) is 3.95. The molecule has 0 aliphatic heterocycles. The van der Waals surface area contributed by atoms with E-state index in [1.165, 1.54) is 11.3 Å². The minimum Gasteiger partial charge on any atom is -0.288 e. The van der Waals surface area contributed by atoms with Gasteiger partial charge in [-0.1, -0.05) is 22.0 Å². The van der Waals surface area contributed by atoms with E-state index in [0.717, 1.165) is 29.8 Å². The Morgan fingerprint density at radius 3 is 2.47 bits per heavy atom. The molecule has 2 aromatic rings. The Morgan fingerprint density at radius 2 is 1.88 bits per heavy atom. The Hall–Kier alpha value is -0.450. The van der Waals surface area contributed by atoms with Crippen molar-refractivity contribution in [1.82, 2.24) is 0 Å². The van der Waals surface area contributed by atoms with Crippen molar-refractivity contribution >= 4 is 49.0 Å². The number of hydrogen-bond donors (Lipinski definition) is 0. The van der Waals surface area contributed by atoms with E-state index in [-0.39, 0.29) is 5.78 Å². The summed E-state index contributed by atoms with van der Waals surface area (Å²) in [5, 5.41) is 0. The van der Waals surface area contributed by atoms with Gasteiger partial charge in [0.15, 0.2) is 0 Å². The Labute approximate surface area is 121 Å². The first-order chi connectivity index (χ1) is 7.99. The molecule has 0 atom stereocenters. The molecule has 0 saturated carbocycles. The van der Waals surface area contributed by atoms with Crippen LogP contribution in [-0.4, -0.2) is 5.78 Å². The minimum absolute atomic E-state index is 0.0857. The van der Waals surface area contributed by atoms with Crippen molar-refractivity contribution in [2.24, 2.45) is 0 Å². The van der Waals surface area contributed by atoms with E-state index in [9.17, 15) is 4.79 Å². The van der Waals surface area contributed by atoms with Crippen LogP contribution in [0.3, 0.4) is 0 Å². The van der Waals surface area contributed by atoms with Gasteiger partial charge in [-0.15, -0.1) is 11.3 Å². The fraction of sp³-hybridized carbons (Fsp3) is 0.154. The average molecular weight is 374 g/mol. The molecule has 4 heteroatoms. The highest BCUT2D eigenvalue weighted by Gasteiger charge is 2.15. The summed E-state index contributed by atoms with van der Waals surface area (Å²) in [4.78, 5) is 14.3. The standard InChI is InChI=1S/C13H10Br2OS/c1-7-3-4-9(14)5-10(7)13(16)12-6-11(15)8(2)17-12/h3-6H,1-2H3. The molecular formula is C13H10Br2OS. The van der Waals surface area contributed by atoms with Crippen molar-refractivity contribution in [2.45, 2.75) is 13.8 Å². The fourth-order valence-electron chi connectivity index (χ4n) is 1.54. The van der Waals surface area contributed by atoms with Crippen LogP contribution in [0.2, 0.25) is 0 Å². The molecule has 0 aliphatic carbocycles. The highest BCUT2D eigenvalue weighted by Crippen LogP contribution is 2.29. The van der Waals surface area contributed by atoms with Crippen molar-refractivity contribution in [3.63, 3.8) is 0 Å². The van der Waals surface area contributed by atoms with E-state index in [0.29, 0.717) is 0 Å². The van der Waals surface area contributed by atoms with Gasteiger partial charge in [-0.25, -0.2) is 0 Å². The van der Waals surface area contributed by atoms with E-state index >= 15 is 0 Å². The van der Waals surface area contributed by atoms with Crippen LogP contribution < -0.4 is 0 Å². The van der Waals surface area contributed by atoms with Crippen molar-refractivity contribution in [1.29, 1.82) is 0 Å². The summed E-state index contributed by atoms with van der Waals surface area (Å²) in [6.07, 6.45) is 0. The molecule has 1 aromatic carbocycles. The van der Waals surface area contributed by atoms with Gasteiger partial charge < -0.3 is 0 Å². The summed E-state index contributed by atoms with van der Waals surface area (Å²) in [7, 11) is 0. The molecule has 0 radical (unpaired) electrons. The normalized spacial score (nSPS) is 10.6. The van der Waals surface area contributed by atoms with Crippen LogP contribution in [0.15, 0.2) is 33.2 Å². The van der Waals surface area contributed by atoms with Gasteiger partial charge in [0.1, 0.15) is 0 Å². The van der Waals surface area contributed by atoms with Gasteiger partial charge >= 0.3 is 0 Å². The Kier molecular flexibility index (Phi) is 3.85. The van der Waals surface area contributed by atoms with E-state index in [1.54, 1.807) is 0 Å². The zero-order valence-corrected chi connectivity index (χ0v) is 13.4. The van der Waals surface area contributed by atoms with Gasteiger partial charge in [-0.05, 0) is 53.5 Å². The quantitative estimate of drug-likeness (QED) is 0.667. The highest BCUT2D eigenvalue weighted by atomic mass is 79.9. The predicted molar refractivity (Wildman–Crippen MR) is 79.1 cm³/mol. The van der Waals surface area contributed by atoms with E-state index in [2.05, 4.69) is 31.9 Å². The maximum Gasteiger partial charge on any atom is 0.203 e. The van der Waals surface area contributed by atoms with Crippen LogP contribution in [0.5, 0.6) is 0 Å². The lowest BCUT2D eigenvalue weighted by Crippen LogP contribution is -2.01. The van der Waals surface area contributed by atoms with Gasteiger partial charge in [0.05, 0.1) is 4.88 Å². The third-order valence-corrected chi connectivity index (χ3v) is 5.15. The summed E-state index contributed by atoms with van der Waals surface area (Å²) >= 11 is 8.36. The molecule has 0 unspecified atom stereocenters. The first kappa shape index (κ1) is 13.0. The minimum atomic E-state index is 0.0857. The van der Waals surface area contributed by atoms with Crippen molar-refractivity contribution in [3.8, 4) is 0 Å². The second-order valence-electron chi connectivity index (χ2n) is 3.80. The molecule has 17 heavy (non-hydrogen) atoms. The van der Waals surface area contributed by atoms with Crippen LogP contribution >= 0.6 is 43.2 Å². The molecule has 0 saturated heterocycles. The highest BCUT2D eigenvalue weighted by molar-refractivity contribution is 9.10. The van der Waals surface area contributed by atoms with Gasteiger partial charge in [-0.3, -0.25) is 4.79 Å². The molecule has 88 valence electrons. The third kappa shape index (κ3) is 2.69. The molecule has 1 heterocycles. The van der Waals surface area contributed by atoms with Crippen LogP contribution in [-0.2, 0) is 0 Å². The zero-order valence-electron chi connectivity index (χ0n) is 9.38. The third-order valence-electron chi connectivity index (χ3n) is 2.53. The fourth-order valence-corrected chi connectivity index (χ4v) is 3.39. The molecule has 0 bridgehead atoms. The van der Waals surface area contributed by atoms with Gasteiger partial charge in [0.2, 0.25) is 5.78 Å². The number of hydrogen-bond acceptors (Lipinski definition) is 2. The monoisotopic (exact) mass is 372 g/mol. The van der Waals surface area contributed by atoms with Crippen LogP contribution in [0.1, 0.15) is 25.7 Å². The topological polar surface area (TPSA) is 17.1 Å². The number of benzene rings is 1. The molecular weight excluding hydrogens is 364 g/mol. The van der Waals surface area contributed by atoms with Crippen LogP contribution in [0.4, 0.5) is 0 Å². The molecule has 0 spiro atoms. The molecule has 2 rings (SSSR count). The Morgan fingerprint density at radius 1 is 1.18 bits per heavy atom. The SMILES string of the molecule is Cc1ccc(Br)cc1C(=O)c1cc(Br)c(C)s1. The van der Waals surface area contributed by atoms with Crippen molar-refractivity contribution < 1.29 is 4.79 Å². The molecule has 0 N–H and O–H groups in total. The average Bonchev–Trinajstić information content (AvgIpc) is 2.62. The number of aryl methyl sites for hydroxylation is 2. The van der Waals surface area contributed by atoms with Crippen molar-refractivity contribution in [2.75, 3.05) is 0 Å². The lowest BCUT2D eigenvalue weighted by molar-refractivity contribution is 0.104. The maximum atomic E-state index is 12.4.